The van der Waals surface area contributed by atoms with Crippen molar-refractivity contribution in [2.45, 2.75) is 40.0 Å². The Morgan fingerprint density at radius 2 is 1.75 bits per heavy atom. The van der Waals surface area contributed by atoms with Gasteiger partial charge in [-0.25, -0.2) is 0 Å². The molecule has 1 saturated heterocycles. The first-order valence-corrected chi connectivity index (χ1v) is 8.29. The zero-order valence-electron chi connectivity index (χ0n) is 13.1. The van der Waals surface area contributed by atoms with Crippen molar-refractivity contribution in [3.63, 3.8) is 0 Å². The van der Waals surface area contributed by atoms with Crippen LogP contribution in [0.5, 0.6) is 0 Å². The highest BCUT2D eigenvalue weighted by atomic mass is 35.5. The predicted molar refractivity (Wildman–Crippen MR) is 90.9 cm³/mol. The standard InChI is InChI=1S/C10H21N.C7H6Cl2/c1-4-5-6-10-8-11(3)7-9(10)2;1-5-2-6(8)4-7(9)3-5/h9-10H,4-8H2,1-3H3;2-4H,1H3. The molecule has 1 aliphatic heterocycles. The minimum absolute atomic E-state index is 0.694. The van der Waals surface area contributed by atoms with Crippen LogP contribution in [-0.4, -0.2) is 25.0 Å². The Hall–Kier alpha value is -0.240. The highest BCUT2D eigenvalue weighted by Crippen LogP contribution is 2.25. The van der Waals surface area contributed by atoms with Crippen LogP contribution in [0.1, 0.15) is 38.7 Å². The third-order valence-electron chi connectivity index (χ3n) is 3.89. The van der Waals surface area contributed by atoms with Crippen molar-refractivity contribution in [2.75, 3.05) is 20.1 Å². The molecule has 1 fully saturated rings. The summed E-state index contributed by atoms with van der Waals surface area (Å²) < 4.78 is 0. The minimum atomic E-state index is 0.694. The second kappa shape index (κ2) is 8.92. The predicted octanol–water partition coefficient (Wildman–Crippen LogP) is 5.68. The van der Waals surface area contributed by atoms with E-state index in [1.165, 1.54) is 32.4 Å². The zero-order valence-corrected chi connectivity index (χ0v) is 14.6. The number of aryl methyl sites for hydroxylation is 1. The largest absolute Gasteiger partial charge is 0.306 e. The van der Waals surface area contributed by atoms with Crippen molar-refractivity contribution < 1.29 is 0 Å². The van der Waals surface area contributed by atoms with E-state index in [0.717, 1.165) is 17.4 Å². The Kier molecular flexibility index (Phi) is 7.94. The summed E-state index contributed by atoms with van der Waals surface area (Å²) in [6.45, 7) is 9.28. The summed E-state index contributed by atoms with van der Waals surface area (Å²) in [6.07, 6.45) is 4.22. The molecule has 1 nitrogen and oxygen atoms in total. The van der Waals surface area contributed by atoms with Gasteiger partial charge in [-0.2, -0.15) is 0 Å². The molecule has 0 aromatic heterocycles. The fourth-order valence-electron chi connectivity index (χ4n) is 2.83. The molecule has 0 amide bonds. The quantitative estimate of drug-likeness (QED) is 0.694. The topological polar surface area (TPSA) is 3.24 Å². The number of hydrogen-bond donors (Lipinski definition) is 0. The minimum Gasteiger partial charge on any atom is -0.306 e. The zero-order chi connectivity index (χ0) is 15.1. The van der Waals surface area contributed by atoms with Crippen molar-refractivity contribution in [1.29, 1.82) is 0 Å². The normalized spacial score (nSPS) is 22.5. The van der Waals surface area contributed by atoms with Crippen LogP contribution in [0, 0.1) is 18.8 Å². The first-order chi connectivity index (χ1) is 9.42. The summed E-state index contributed by atoms with van der Waals surface area (Å²) in [5.74, 6) is 1.92. The molecule has 1 aliphatic rings. The van der Waals surface area contributed by atoms with Gasteiger partial charge in [0.05, 0.1) is 0 Å². The van der Waals surface area contributed by atoms with Crippen molar-refractivity contribution >= 4 is 23.2 Å². The number of likely N-dealkylation sites (tertiary alicyclic amines) is 1. The third kappa shape index (κ3) is 6.47. The smallest absolute Gasteiger partial charge is 0.0423 e. The van der Waals surface area contributed by atoms with Gasteiger partial charge in [0.15, 0.2) is 0 Å². The highest BCUT2D eigenvalue weighted by molar-refractivity contribution is 6.34. The maximum atomic E-state index is 5.67. The molecule has 1 aromatic rings. The van der Waals surface area contributed by atoms with Crippen molar-refractivity contribution in [2.24, 2.45) is 11.8 Å². The number of halogens is 2. The van der Waals surface area contributed by atoms with Gasteiger partial charge in [0.1, 0.15) is 0 Å². The first kappa shape index (κ1) is 17.8. The van der Waals surface area contributed by atoms with Crippen LogP contribution in [-0.2, 0) is 0 Å². The Bertz CT molecular complexity index is 355. The third-order valence-corrected chi connectivity index (χ3v) is 4.32. The summed E-state index contributed by atoms with van der Waals surface area (Å²) >= 11 is 11.3. The van der Waals surface area contributed by atoms with E-state index in [1.807, 2.05) is 19.1 Å². The molecule has 2 rings (SSSR count). The Morgan fingerprint density at radius 3 is 2.15 bits per heavy atom. The van der Waals surface area contributed by atoms with E-state index in [9.17, 15) is 0 Å². The molecule has 0 bridgehead atoms. The molecule has 20 heavy (non-hydrogen) atoms. The lowest BCUT2D eigenvalue weighted by molar-refractivity contribution is 0.382. The number of nitrogens with zero attached hydrogens (tertiary/aromatic N) is 1. The van der Waals surface area contributed by atoms with Crippen LogP contribution in [0.15, 0.2) is 18.2 Å². The van der Waals surface area contributed by atoms with Gasteiger partial charge in [-0.1, -0.05) is 49.9 Å². The Labute approximate surface area is 134 Å². The van der Waals surface area contributed by atoms with Gasteiger partial charge in [0, 0.05) is 23.1 Å². The molecule has 0 N–H and O–H groups in total. The average Bonchev–Trinajstić information content (AvgIpc) is 2.64. The lowest BCUT2D eigenvalue weighted by Gasteiger charge is -2.12. The molecule has 2 unspecified atom stereocenters. The van der Waals surface area contributed by atoms with E-state index in [1.54, 1.807) is 6.07 Å². The Morgan fingerprint density at radius 1 is 1.15 bits per heavy atom. The molecule has 0 spiro atoms. The second-order valence-corrected chi connectivity index (χ2v) is 6.92. The molecule has 1 aromatic carbocycles. The average molecular weight is 316 g/mol. The van der Waals surface area contributed by atoms with E-state index in [4.69, 9.17) is 23.2 Å². The van der Waals surface area contributed by atoms with Crippen molar-refractivity contribution in [1.82, 2.24) is 4.90 Å². The molecule has 2 atom stereocenters. The maximum absolute atomic E-state index is 5.67. The van der Waals surface area contributed by atoms with Gasteiger partial charge >= 0.3 is 0 Å². The van der Waals surface area contributed by atoms with E-state index >= 15 is 0 Å². The molecule has 114 valence electrons. The monoisotopic (exact) mass is 315 g/mol. The molecular weight excluding hydrogens is 289 g/mol. The van der Waals surface area contributed by atoms with Gasteiger partial charge < -0.3 is 4.90 Å². The van der Waals surface area contributed by atoms with E-state index in [-0.39, 0.29) is 0 Å². The highest BCUT2D eigenvalue weighted by Gasteiger charge is 2.25. The fourth-order valence-corrected chi connectivity index (χ4v) is 3.46. The number of hydrogen-bond acceptors (Lipinski definition) is 1. The summed E-state index contributed by atoms with van der Waals surface area (Å²) in [4.78, 5) is 2.46. The van der Waals surface area contributed by atoms with E-state index in [0.29, 0.717) is 10.0 Å². The molecular formula is C17H27Cl2N. The van der Waals surface area contributed by atoms with E-state index < -0.39 is 0 Å². The van der Waals surface area contributed by atoms with Crippen molar-refractivity contribution in [3.8, 4) is 0 Å². The second-order valence-electron chi connectivity index (χ2n) is 6.05. The van der Waals surface area contributed by atoms with Crippen molar-refractivity contribution in [3.05, 3.63) is 33.8 Å². The molecule has 3 heteroatoms. The van der Waals surface area contributed by atoms with Gasteiger partial charge in [-0.15, -0.1) is 0 Å². The number of benzene rings is 1. The van der Waals surface area contributed by atoms with Gasteiger partial charge in [-0.05, 0) is 56.0 Å². The van der Waals surface area contributed by atoms with Gasteiger partial charge in [0.2, 0.25) is 0 Å². The Balaban J connectivity index is 0.000000204. The maximum Gasteiger partial charge on any atom is 0.0423 e. The first-order valence-electron chi connectivity index (χ1n) is 7.53. The summed E-state index contributed by atoms with van der Waals surface area (Å²) in [5.41, 5.74) is 1.09. The fraction of sp³-hybridized carbons (Fsp3) is 0.647. The number of unbranched alkanes of at least 4 members (excludes halogenated alkanes) is 1. The summed E-state index contributed by atoms with van der Waals surface area (Å²) in [6, 6.07) is 5.46. The van der Waals surface area contributed by atoms with Crippen LogP contribution < -0.4 is 0 Å². The van der Waals surface area contributed by atoms with Crippen LogP contribution in [0.2, 0.25) is 10.0 Å². The lowest BCUT2D eigenvalue weighted by Crippen LogP contribution is -2.13. The van der Waals surface area contributed by atoms with Gasteiger partial charge in [-0.3, -0.25) is 0 Å². The van der Waals surface area contributed by atoms with Gasteiger partial charge in [0.25, 0.3) is 0 Å². The van der Waals surface area contributed by atoms with Crippen LogP contribution >= 0.6 is 23.2 Å². The van der Waals surface area contributed by atoms with Crippen LogP contribution in [0.3, 0.4) is 0 Å². The summed E-state index contributed by atoms with van der Waals surface area (Å²) in [5, 5.41) is 1.39. The molecule has 1 heterocycles. The molecule has 0 aliphatic carbocycles. The SMILES string of the molecule is CCCCC1CN(C)CC1C.Cc1cc(Cl)cc(Cl)c1. The number of rotatable bonds is 3. The lowest BCUT2D eigenvalue weighted by atomic mass is 9.93. The van der Waals surface area contributed by atoms with E-state index in [2.05, 4.69) is 25.8 Å². The van der Waals surface area contributed by atoms with Crippen LogP contribution in [0.4, 0.5) is 0 Å². The molecule has 0 saturated carbocycles. The molecule has 0 radical (unpaired) electrons. The van der Waals surface area contributed by atoms with Crippen LogP contribution in [0.25, 0.3) is 0 Å². The summed E-state index contributed by atoms with van der Waals surface area (Å²) in [7, 11) is 2.24.